The van der Waals surface area contributed by atoms with Gasteiger partial charge in [-0.15, -0.1) is 5.10 Å². The van der Waals surface area contributed by atoms with Crippen LogP contribution in [0.5, 0.6) is 23.1 Å². The molecule has 1 aliphatic heterocycles. The Morgan fingerprint density at radius 2 is 1.66 bits per heavy atom. The summed E-state index contributed by atoms with van der Waals surface area (Å²) >= 11 is 0. The molecule has 3 heterocycles. The second-order valence-electron chi connectivity index (χ2n) is 9.27. The maximum atomic E-state index is 6.41. The zero-order valence-electron chi connectivity index (χ0n) is 21.0. The van der Waals surface area contributed by atoms with Gasteiger partial charge in [-0.1, -0.05) is 66.7 Å². The van der Waals surface area contributed by atoms with Crippen LogP contribution < -0.4 is 14.2 Å². The summed E-state index contributed by atoms with van der Waals surface area (Å²) in [6, 6.07) is 28.8. The maximum absolute atomic E-state index is 6.41. The Morgan fingerprint density at radius 1 is 0.842 bits per heavy atom. The molecule has 186 valence electrons. The van der Waals surface area contributed by atoms with Gasteiger partial charge >= 0.3 is 0 Å². The van der Waals surface area contributed by atoms with Crippen LogP contribution in [0, 0.1) is 0 Å². The van der Waals surface area contributed by atoms with Gasteiger partial charge in [-0.3, -0.25) is 0 Å². The molecule has 0 aliphatic carbocycles. The summed E-state index contributed by atoms with van der Waals surface area (Å²) in [5, 5.41) is 7.09. The Bertz CT molecular complexity index is 1810. The molecule has 0 amide bonds. The molecule has 1 aliphatic rings. The van der Waals surface area contributed by atoms with Gasteiger partial charge in [0.1, 0.15) is 12.1 Å². The van der Waals surface area contributed by atoms with E-state index >= 15 is 0 Å². The van der Waals surface area contributed by atoms with E-state index in [0.717, 1.165) is 44.4 Å². The molecule has 0 saturated carbocycles. The van der Waals surface area contributed by atoms with Gasteiger partial charge in [-0.25, -0.2) is 14.5 Å². The highest BCUT2D eigenvalue weighted by Crippen LogP contribution is 2.50. The Balaban J connectivity index is 1.41. The van der Waals surface area contributed by atoms with E-state index in [1.807, 2.05) is 30.3 Å². The van der Waals surface area contributed by atoms with Gasteiger partial charge in [0, 0.05) is 17.9 Å². The van der Waals surface area contributed by atoms with Gasteiger partial charge in [0.05, 0.1) is 19.8 Å². The molecule has 38 heavy (non-hydrogen) atoms. The van der Waals surface area contributed by atoms with Crippen molar-refractivity contribution in [3.8, 4) is 23.1 Å². The molecular weight excluding hydrogens is 476 g/mol. The maximum Gasteiger partial charge on any atom is 0.228 e. The molecule has 0 saturated heterocycles. The molecule has 7 heteroatoms. The van der Waals surface area contributed by atoms with E-state index < -0.39 is 0 Å². The molecule has 0 fully saturated rings. The largest absolute Gasteiger partial charge is 0.493 e. The summed E-state index contributed by atoms with van der Waals surface area (Å²) in [7, 11) is 3.26. The molecule has 0 bridgehead atoms. The van der Waals surface area contributed by atoms with Crippen LogP contribution in [-0.4, -0.2) is 33.8 Å². The van der Waals surface area contributed by atoms with Crippen molar-refractivity contribution in [1.29, 1.82) is 0 Å². The topological polar surface area (TPSA) is 70.8 Å². The fourth-order valence-corrected chi connectivity index (χ4v) is 5.38. The molecular formula is C31H24N4O3. The lowest BCUT2D eigenvalue weighted by Gasteiger charge is -2.29. The van der Waals surface area contributed by atoms with E-state index in [0.29, 0.717) is 29.6 Å². The summed E-state index contributed by atoms with van der Waals surface area (Å²) in [4.78, 5) is 9.68. The Morgan fingerprint density at radius 3 is 2.50 bits per heavy atom. The van der Waals surface area contributed by atoms with Crippen molar-refractivity contribution >= 4 is 16.4 Å². The predicted octanol–water partition coefficient (Wildman–Crippen LogP) is 6.17. The van der Waals surface area contributed by atoms with Crippen LogP contribution in [-0.2, 0) is 6.42 Å². The lowest BCUT2D eigenvalue weighted by Crippen LogP contribution is -2.15. The van der Waals surface area contributed by atoms with Crippen LogP contribution in [0.25, 0.3) is 16.4 Å². The fraction of sp³-hybridized carbons (Fsp3) is 0.129. The highest BCUT2D eigenvalue weighted by molar-refractivity contribution is 5.90. The van der Waals surface area contributed by atoms with E-state index in [1.54, 1.807) is 25.1 Å². The average molecular weight is 501 g/mol. The van der Waals surface area contributed by atoms with Gasteiger partial charge in [0.15, 0.2) is 23.0 Å². The minimum absolute atomic E-state index is 0.115. The van der Waals surface area contributed by atoms with Crippen molar-refractivity contribution in [3.63, 3.8) is 0 Å². The normalized spacial score (nSPS) is 14.1. The summed E-state index contributed by atoms with van der Waals surface area (Å²) in [5.41, 5.74) is 4.93. The first-order chi connectivity index (χ1) is 18.7. The van der Waals surface area contributed by atoms with E-state index in [4.69, 9.17) is 24.3 Å². The van der Waals surface area contributed by atoms with Crippen LogP contribution in [0.1, 0.15) is 34.0 Å². The first-order valence-corrected chi connectivity index (χ1v) is 12.4. The Hall–Kier alpha value is -4.91. The minimum atomic E-state index is -0.115. The van der Waals surface area contributed by atoms with Crippen molar-refractivity contribution in [2.24, 2.45) is 0 Å². The van der Waals surface area contributed by atoms with Crippen LogP contribution in [0.2, 0.25) is 0 Å². The first-order valence-electron chi connectivity index (χ1n) is 12.4. The van der Waals surface area contributed by atoms with E-state index in [9.17, 15) is 0 Å². The second-order valence-corrected chi connectivity index (χ2v) is 9.27. The molecule has 0 radical (unpaired) electrons. The summed E-state index contributed by atoms with van der Waals surface area (Å²) in [6.07, 6.45) is 2.21. The van der Waals surface area contributed by atoms with E-state index in [2.05, 4.69) is 59.6 Å². The van der Waals surface area contributed by atoms with Gasteiger partial charge < -0.3 is 14.2 Å². The molecule has 0 spiro atoms. The number of rotatable bonds is 5. The fourth-order valence-electron chi connectivity index (χ4n) is 5.38. The third-order valence-electron chi connectivity index (χ3n) is 7.09. The summed E-state index contributed by atoms with van der Waals surface area (Å²) in [6.45, 7) is 0. The number of aromatic nitrogens is 4. The molecule has 6 aromatic rings. The highest BCUT2D eigenvalue weighted by atomic mass is 16.5. The van der Waals surface area contributed by atoms with Gasteiger partial charge in [-0.2, -0.15) is 0 Å². The predicted molar refractivity (Wildman–Crippen MR) is 145 cm³/mol. The molecule has 0 N–H and O–H groups in total. The minimum Gasteiger partial charge on any atom is -0.493 e. The zero-order valence-corrected chi connectivity index (χ0v) is 21.0. The molecule has 4 aromatic carbocycles. The molecule has 1 atom stereocenters. The quantitative estimate of drug-likeness (QED) is 0.281. The SMILES string of the molecule is COc1ccc(Cc2nc3c4c(ncn3n2)Oc2ccc3ccccc3c2[C@H]4c2ccccc2)cc1OC. The summed E-state index contributed by atoms with van der Waals surface area (Å²) in [5.74, 6) is 3.30. The van der Waals surface area contributed by atoms with Crippen molar-refractivity contribution in [2.75, 3.05) is 14.2 Å². The van der Waals surface area contributed by atoms with Gasteiger partial charge in [0.2, 0.25) is 5.88 Å². The number of hydrogen-bond acceptors (Lipinski definition) is 6. The van der Waals surface area contributed by atoms with Crippen LogP contribution in [0.15, 0.2) is 91.3 Å². The van der Waals surface area contributed by atoms with Gasteiger partial charge in [-0.05, 0) is 40.1 Å². The second kappa shape index (κ2) is 8.88. The van der Waals surface area contributed by atoms with Crippen LogP contribution in [0.3, 0.4) is 0 Å². The standard InChI is InChI=1S/C31H24N4O3/c1-36-23-14-12-19(16-25(23)37-2)17-26-33-30-29-27(21-9-4-3-5-10-21)28-22-11-7-6-8-20(22)13-15-24(28)38-31(29)32-18-35(30)34-26/h3-16,18,27H,17H2,1-2H3/t27-/m1/s1. The van der Waals surface area contributed by atoms with Crippen LogP contribution in [0.4, 0.5) is 0 Å². The van der Waals surface area contributed by atoms with Crippen molar-refractivity contribution in [2.45, 2.75) is 12.3 Å². The average Bonchev–Trinajstić information content (AvgIpc) is 3.39. The third kappa shape index (κ3) is 3.55. The van der Waals surface area contributed by atoms with E-state index in [1.165, 1.54) is 0 Å². The van der Waals surface area contributed by atoms with Crippen molar-refractivity contribution < 1.29 is 14.2 Å². The lowest BCUT2D eigenvalue weighted by molar-refractivity contribution is 0.354. The molecule has 0 unspecified atom stereocenters. The van der Waals surface area contributed by atoms with Crippen molar-refractivity contribution in [1.82, 2.24) is 19.6 Å². The Kier molecular flexibility index (Phi) is 5.21. The molecule has 7 rings (SSSR count). The van der Waals surface area contributed by atoms with Gasteiger partial charge in [0.25, 0.3) is 0 Å². The van der Waals surface area contributed by atoms with E-state index in [-0.39, 0.29) is 5.92 Å². The number of benzene rings is 4. The monoisotopic (exact) mass is 500 g/mol. The molecule has 2 aromatic heterocycles. The number of nitrogens with zero attached hydrogens (tertiary/aromatic N) is 4. The third-order valence-corrected chi connectivity index (χ3v) is 7.09. The van der Waals surface area contributed by atoms with Crippen molar-refractivity contribution in [3.05, 3.63) is 119 Å². The number of methoxy groups -OCH3 is 2. The lowest BCUT2D eigenvalue weighted by atomic mass is 9.81. The first kappa shape index (κ1) is 22.3. The number of fused-ring (bicyclic) bond motifs is 6. The number of hydrogen-bond donors (Lipinski definition) is 0. The number of ether oxygens (including phenoxy) is 3. The van der Waals surface area contributed by atoms with Crippen LogP contribution >= 0.6 is 0 Å². The molecule has 7 nitrogen and oxygen atoms in total. The zero-order chi connectivity index (χ0) is 25.6. The smallest absolute Gasteiger partial charge is 0.228 e. The summed E-state index contributed by atoms with van der Waals surface area (Å²) < 4.78 is 19.0. The highest BCUT2D eigenvalue weighted by Gasteiger charge is 2.34. The Labute approximate surface area is 219 Å².